The molecule has 31 heavy (non-hydrogen) atoms. The van der Waals surface area contributed by atoms with Crippen molar-refractivity contribution in [3.05, 3.63) is 64.2 Å². The second-order valence-corrected chi connectivity index (χ2v) is 10.1. The lowest BCUT2D eigenvalue weighted by molar-refractivity contribution is -0.121. The maximum Gasteiger partial charge on any atom is 0.240 e. The zero-order valence-corrected chi connectivity index (χ0v) is 19.6. The van der Waals surface area contributed by atoms with Crippen LogP contribution in [-0.4, -0.2) is 45.4 Å². The number of nitrogens with zero attached hydrogens (tertiary/aromatic N) is 1. The molecule has 1 fully saturated rings. The van der Waals surface area contributed by atoms with E-state index >= 15 is 0 Å². The SMILES string of the molecule is Cc1ccc(C)c(S(=O)(=O)NCCC(=O)NCC(c2ccccc2Cl)N2CCCC2)c1. The summed E-state index contributed by atoms with van der Waals surface area (Å²) in [7, 11) is -3.66. The molecule has 1 aliphatic rings. The maximum atomic E-state index is 12.6. The molecule has 1 unspecified atom stereocenters. The van der Waals surface area contributed by atoms with E-state index < -0.39 is 10.0 Å². The van der Waals surface area contributed by atoms with Gasteiger partial charge in [-0.05, 0) is 68.6 Å². The largest absolute Gasteiger partial charge is 0.354 e. The number of rotatable bonds is 9. The number of carbonyl (C=O) groups is 1. The Balaban J connectivity index is 1.56. The molecule has 0 aliphatic carbocycles. The highest BCUT2D eigenvalue weighted by Gasteiger charge is 2.25. The monoisotopic (exact) mass is 463 g/mol. The molecule has 1 saturated heterocycles. The topological polar surface area (TPSA) is 78.5 Å². The van der Waals surface area contributed by atoms with Crippen LogP contribution in [0, 0.1) is 13.8 Å². The van der Waals surface area contributed by atoms with Crippen molar-refractivity contribution >= 4 is 27.5 Å². The van der Waals surface area contributed by atoms with Gasteiger partial charge in [-0.25, -0.2) is 13.1 Å². The van der Waals surface area contributed by atoms with Gasteiger partial charge in [0.1, 0.15) is 0 Å². The van der Waals surface area contributed by atoms with Crippen molar-refractivity contribution in [2.24, 2.45) is 0 Å². The van der Waals surface area contributed by atoms with Crippen LogP contribution in [0.2, 0.25) is 5.02 Å². The van der Waals surface area contributed by atoms with Crippen LogP contribution in [0.5, 0.6) is 0 Å². The lowest BCUT2D eigenvalue weighted by Crippen LogP contribution is -2.38. The molecular formula is C23H30ClN3O3S. The summed E-state index contributed by atoms with van der Waals surface area (Å²) in [5.74, 6) is -0.195. The van der Waals surface area contributed by atoms with Crippen LogP contribution < -0.4 is 10.0 Å². The number of aryl methyl sites for hydroxylation is 2. The number of hydrogen-bond acceptors (Lipinski definition) is 4. The molecule has 1 amide bonds. The summed E-state index contributed by atoms with van der Waals surface area (Å²) < 4.78 is 27.7. The molecule has 1 heterocycles. The summed E-state index contributed by atoms with van der Waals surface area (Å²) in [6.07, 6.45) is 2.34. The fraction of sp³-hybridized carbons (Fsp3) is 0.435. The third kappa shape index (κ3) is 6.29. The van der Waals surface area contributed by atoms with E-state index in [4.69, 9.17) is 11.6 Å². The predicted octanol–water partition coefficient (Wildman–Crippen LogP) is 3.58. The number of hydrogen-bond donors (Lipinski definition) is 2. The van der Waals surface area contributed by atoms with Gasteiger partial charge in [-0.1, -0.05) is 41.9 Å². The first-order chi connectivity index (χ1) is 14.8. The van der Waals surface area contributed by atoms with Gasteiger partial charge in [0.2, 0.25) is 15.9 Å². The molecule has 0 bridgehead atoms. The molecular weight excluding hydrogens is 434 g/mol. The standard InChI is InChI=1S/C23H30ClN3O3S/c1-17-9-10-18(2)22(15-17)31(29,30)26-12-11-23(28)25-16-21(27-13-5-6-14-27)19-7-3-4-8-20(19)24/h3-4,7-10,15,21,26H,5-6,11-14,16H2,1-2H3,(H,25,28). The van der Waals surface area contributed by atoms with Crippen molar-refractivity contribution in [1.29, 1.82) is 0 Å². The van der Waals surface area contributed by atoms with Crippen molar-refractivity contribution in [3.8, 4) is 0 Å². The molecule has 8 heteroatoms. The average molecular weight is 464 g/mol. The number of halogens is 1. The van der Waals surface area contributed by atoms with Crippen LogP contribution in [0.4, 0.5) is 0 Å². The summed E-state index contributed by atoms with van der Waals surface area (Å²) >= 11 is 6.41. The van der Waals surface area contributed by atoms with E-state index in [-0.39, 0.29) is 29.8 Å². The van der Waals surface area contributed by atoms with Crippen LogP contribution in [0.1, 0.15) is 42.0 Å². The number of benzene rings is 2. The Labute approximate surface area is 190 Å². The molecule has 2 N–H and O–H groups in total. The van der Waals surface area contributed by atoms with Crippen LogP contribution in [0.15, 0.2) is 47.4 Å². The second-order valence-electron chi connectivity index (χ2n) is 8.00. The lowest BCUT2D eigenvalue weighted by Gasteiger charge is -2.29. The van der Waals surface area contributed by atoms with Gasteiger partial charge in [-0.2, -0.15) is 0 Å². The van der Waals surface area contributed by atoms with Crippen molar-refractivity contribution in [2.75, 3.05) is 26.2 Å². The first-order valence-electron chi connectivity index (χ1n) is 10.6. The smallest absolute Gasteiger partial charge is 0.240 e. The Bertz CT molecular complexity index is 1020. The summed E-state index contributed by atoms with van der Waals surface area (Å²) in [5, 5.41) is 3.65. The minimum atomic E-state index is -3.66. The Kier molecular flexibility index (Phi) is 8.11. The van der Waals surface area contributed by atoms with Gasteiger partial charge in [0.15, 0.2) is 0 Å². The van der Waals surface area contributed by atoms with Crippen LogP contribution in [-0.2, 0) is 14.8 Å². The zero-order chi connectivity index (χ0) is 22.4. The van der Waals surface area contributed by atoms with Crippen molar-refractivity contribution < 1.29 is 13.2 Å². The van der Waals surface area contributed by atoms with E-state index in [1.54, 1.807) is 19.1 Å². The molecule has 1 aliphatic heterocycles. The Morgan fingerprint density at radius 1 is 1.13 bits per heavy atom. The summed E-state index contributed by atoms with van der Waals surface area (Å²) in [4.78, 5) is 15.0. The third-order valence-corrected chi connectivity index (χ3v) is 7.56. The van der Waals surface area contributed by atoms with Crippen LogP contribution in [0.25, 0.3) is 0 Å². The minimum Gasteiger partial charge on any atom is -0.354 e. The fourth-order valence-corrected chi connectivity index (χ4v) is 5.53. The number of amides is 1. The fourth-order valence-electron chi connectivity index (χ4n) is 3.91. The minimum absolute atomic E-state index is 0.00628. The Morgan fingerprint density at radius 3 is 2.55 bits per heavy atom. The predicted molar refractivity (Wildman–Crippen MR) is 124 cm³/mol. The maximum absolute atomic E-state index is 12.6. The molecule has 3 rings (SSSR count). The number of carbonyl (C=O) groups excluding carboxylic acids is 1. The third-order valence-electron chi connectivity index (χ3n) is 5.62. The Hall–Kier alpha value is -1.93. The van der Waals surface area contributed by atoms with E-state index in [2.05, 4.69) is 14.9 Å². The Morgan fingerprint density at radius 2 is 1.84 bits per heavy atom. The van der Waals surface area contributed by atoms with Crippen molar-refractivity contribution in [1.82, 2.24) is 14.9 Å². The van der Waals surface area contributed by atoms with Crippen LogP contribution in [0.3, 0.4) is 0 Å². The quantitative estimate of drug-likeness (QED) is 0.595. The van der Waals surface area contributed by atoms with Gasteiger partial charge in [-0.3, -0.25) is 9.69 Å². The normalized spacial score (nSPS) is 15.7. The lowest BCUT2D eigenvalue weighted by atomic mass is 10.1. The van der Waals surface area contributed by atoms with E-state index in [0.717, 1.165) is 37.1 Å². The zero-order valence-electron chi connectivity index (χ0n) is 18.0. The second kappa shape index (κ2) is 10.6. The van der Waals surface area contributed by atoms with Gasteiger partial charge in [0.05, 0.1) is 10.9 Å². The molecule has 0 saturated carbocycles. The number of likely N-dealkylation sites (tertiary alicyclic amines) is 1. The molecule has 168 valence electrons. The number of nitrogens with one attached hydrogen (secondary N) is 2. The molecule has 0 spiro atoms. The highest BCUT2D eigenvalue weighted by molar-refractivity contribution is 7.89. The highest BCUT2D eigenvalue weighted by Crippen LogP contribution is 2.29. The van der Waals surface area contributed by atoms with Gasteiger partial charge < -0.3 is 5.32 Å². The van der Waals surface area contributed by atoms with E-state index in [0.29, 0.717) is 17.1 Å². The summed E-state index contributed by atoms with van der Waals surface area (Å²) in [5.41, 5.74) is 2.55. The highest BCUT2D eigenvalue weighted by atomic mass is 35.5. The first kappa shape index (κ1) is 23.7. The van der Waals surface area contributed by atoms with Gasteiger partial charge in [-0.15, -0.1) is 0 Å². The van der Waals surface area contributed by atoms with Gasteiger partial charge in [0, 0.05) is 24.5 Å². The van der Waals surface area contributed by atoms with E-state index in [1.807, 2.05) is 37.3 Å². The molecule has 0 aromatic heterocycles. The van der Waals surface area contributed by atoms with E-state index in [9.17, 15) is 13.2 Å². The number of sulfonamides is 1. The van der Waals surface area contributed by atoms with Gasteiger partial charge in [0.25, 0.3) is 0 Å². The summed E-state index contributed by atoms with van der Waals surface area (Å²) in [6, 6.07) is 13.0. The molecule has 1 atom stereocenters. The average Bonchev–Trinajstić information content (AvgIpc) is 3.25. The van der Waals surface area contributed by atoms with Crippen LogP contribution >= 0.6 is 11.6 Å². The molecule has 2 aromatic rings. The van der Waals surface area contributed by atoms with Crippen molar-refractivity contribution in [3.63, 3.8) is 0 Å². The van der Waals surface area contributed by atoms with Gasteiger partial charge >= 0.3 is 0 Å². The van der Waals surface area contributed by atoms with Crippen molar-refractivity contribution in [2.45, 2.75) is 44.0 Å². The first-order valence-corrected chi connectivity index (χ1v) is 12.5. The molecule has 6 nitrogen and oxygen atoms in total. The molecule has 0 radical (unpaired) electrons. The molecule has 2 aromatic carbocycles. The summed E-state index contributed by atoms with van der Waals surface area (Å²) in [6.45, 7) is 6.03. The van der Waals surface area contributed by atoms with E-state index in [1.165, 1.54) is 0 Å².